The molecule has 0 aliphatic rings. The van der Waals surface area contributed by atoms with E-state index in [2.05, 4.69) is 6.92 Å². The van der Waals surface area contributed by atoms with Gasteiger partial charge in [0.25, 0.3) is 0 Å². The molecule has 0 bridgehead atoms. The Balaban J connectivity index is 4.18. The van der Waals surface area contributed by atoms with Crippen LogP contribution >= 0.6 is 0 Å². The molecule has 94 valence electrons. The van der Waals surface area contributed by atoms with Crippen molar-refractivity contribution >= 4 is 11.6 Å². The number of hydrogen-bond donors (Lipinski definition) is 0. The van der Waals surface area contributed by atoms with E-state index >= 15 is 0 Å². The van der Waals surface area contributed by atoms with Crippen molar-refractivity contribution in [3.05, 3.63) is 0 Å². The molecule has 0 spiro atoms. The fourth-order valence-electron chi connectivity index (χ4n) is 1.66. The van der Waals surface area contributed by atoms with Crippen molar-refractivity contribution < 1.29 is 14.3 Å². The van der Waals surface area contributed by atoms with Crippen molar-refractivity contribution in [2.24, 2.45) is 0 Å². The molecule has 0 aliphatic carbocycles. The maximum Gasteiger partial charge on any atom is 0.171 e. The molecule has 0 aliphatic heterocycles. The normalized spacial score (nSPS) is 14.5. The van der Waals surface area contributed by atoms with Gasteiger partial charge in [-0.1, -0.05) is 32.6 Å². The molecule has 0 aromatic rings. The van der Waals surface area contributed by atoms with Gasteiger partial charge in [0.1, 0.15) is 11.4 Å². The van der Waals surface area contributed by atoms with E-state index < -0.39 is 5.60 Å². The van der Waals surface area contributed by atoms with Crippen LogP contribution < -0.4 is 0 Å². The monoisotopic (exact) mass is 228 g/mol. The van der Waals surface area contributed by atoms with Crippen molar-refractivity contribution in [2.75, 3.05) is 7.11 Å². The van der Waals surface area contributed by atoms with Gasteiger partial charge in [-0.25, -0.2) is 0 Å². The Bertz CT molecular complexity index is 235. The Morgan fingerprint density at radius 3 is 2.25 bits per heavy atom. The third kappa shape index (κ3) is 5.40. The number of hydrogen-bond acceptors (Lipinski definition) is 3. The molecule has 0 aromatic carbocycles. The predicted octanol–water partition coefficient (Wildman–Crippen LogP) is 2.91. The zero-order valence-electron chi connectivity index (χ0n) is 11.0. The van der Waals surface area contributed by atoms with Crippen LogP contribution in [-0.2, 0) is 14.3 Å². The fraction of sp³-hybridized carbons (Fsp3) is 0.846. The van der Waals surface area contributed by atoms with E-state index in [-0.39, 0.29) is 18.0 Å². The lowest BCUT2D eigenvalue weighted by Gasteiger charge is -2.26. The van der Waals surface area contributed by atoms with Gasteiger partial charge in [-0.3, -0.25) is 9.59 Å². The number of methoxy groups -OCH3 is 1. The van der Waals surface area contributed by atoms with Crippen LogP contribution in [0.1, 0.15) is 59.3 Å². The fourth-order valence-corrected chi connectivity index (χ4v) is 1.66. The number of rotatable bonds is 9. The van der Waals surface area contributed by atoms with Crippen LogP contribution in [-0.4, -0.2) is 24.3 Å². The van der Waals surface area contributed by atoms with Gasteiger partial charge >= 0.3 is 0 Å². The summed E-state index contributed by atoms with van der Waals surface area (Å²) < 4.78 is 5.28. The first-order chi connectivity index (χ1) is 7.46. The summed E-state index contributed by atoms with van der Waals surface area (Å²) in [6.07, 6.45) is 5.13. The number of Topliss-reactive ketones (excluding diaryl/α,β-unsaturated/α-hetero) is 2. The van der Waals surface area contributed by atoms with Gasteiger partial charge in [0.05, 0.1) is 6.42 Å². The van der Waals surface area contributed by atoms with E-state index in [0.717, 1.165) is 12.8 Å². The topological polar surface area (TPSA) is 43.4 Å². The van der Waals surface area contributed by atoms with Gasteiger partial charge in [-0.2, -0.15) is 0 Å². The minimum absolute atomic E-state index is 0.0158. The highest BCUT2D eigenvalue weighted by molar-refractivity contribution is 6.01. The van der Waals surface area contributed by atoms with Gasteiger partial charge in [0.2, 0.25) is 0 Å². The standard InChI is InChI=1S/C13H24O3/c1-5-6-7-8-9-13(3,16-4)12(15)10-11(2)14/h5-10H2,1-4H3. The summed E-state index contributed by atoms with van der Waals surface area (Å²) in [7, 11) is 1.54. The lowest BCUT2D eigenvalue weighted by Crippen LogP contribution is -2.38. The van der Waals surface area contributed by atoms with Gasteiger partial charge in [0, 0.05) is 7.11 Å². The van der Waals surface area contributed by atoms with Crippen molar-refractivity contribution in [3.63, 3.8) is 0 Å². The molecule has 0 saturated carbocycles. The minimum Gasteiger partial charge on any atom is -0.371 e. The van der Waals surface area contributed by atoms with Crippen LogP contribution in [0.4, 0.5) is 0 Å². The Morgan fingerprint density at radius 1 is 1.19 bits per heavy atom. The largest absolute Gasteiger partial charge is 0.371 e. The second kappa shape index (κ2) is 7.55. The first-order valence-electron chi connectivity index (χ1n) is 6.04. The molecule has 1 atom stereocenters. The number of carbonyl (C=O) groups excluding carboxylic acids is 2. The Hall–Kier alpha value is -0.700. The molecule has 0 saturated heterocycles. The second-order valence-corrected chi connectivity index (χ2v) is 4.55. The smallest absolute Gasteiger partial charge is 0.171 e. The van der Waals surface area contributed by atoms with Crippen molar-refractivity contribution in [2.45, 2.75) is 64.9 Å². The average Bonchev–Trinajstić information content (AvgIpc) is 2.23. The lowest BCUT2D eigenvalue weighted by atomic mass is 9.90. The van der Waals surface area contributed by atoms with Crippen LogP contribution in [0, 0.1) is 0 Å². The van der Waals surface area contributed by atoms with E-state index in [1.54, 1.807) is 6.92 Å². The molecule has 0 aromatic heterocycles. The average molecular weight is 228 g/mol. The number of unbranched alkanes of at least 4 members (excludes halogenated alkanes) is 3. The molecule has 0 N–H and O–H groups in total. The van der Waals surface area contributed by atoms with Gasteiger partial charge in [-0.05, 0) is 20.3 Å². The molecule has 1 unspecified atom stereocenters. The molecule has 0 heterocycles. The van der Waals surface area contributed by atoms with Crippen LogP contribution in [0.25, 0.3) is 0 Å². The third-order valence-corrected chi connectivity index (χ3v) is 2.96. The van der Waals surface area contributed by atoms with E-state index in [1.165, 1.54) is 26.9 Å². The molecule has 0 amide bonds. The Morgan fingerprint density at radius 2 is 1.81 bits per heavy atom. The molecule has 3 nitrogen and oxygen atoms in total. The predicted molar refractivity (Wildman–Crippen MR) is 64.5 cm³/mol. The van der Waals surface area contributed by atoms with E-state index in [4.69, 9.17) is 4.74 Å². The van der Waals surface area contributed by atoms with Crippen LogP contribution in [0.5, 0.6) is 0 Å². The van der Waals surface area contributed by atoms with Crippen LogP contribution in [0.15, 0.2) is 0 Å². The molecular weight excluding hydrogens is 204 g/mol. The molecule has 16 heavy (non-hydrogen) atoms. The van der Waals surface area contributed by atoms with E-state index in [1.807, 2.05) is 0 Å². The first kappa shape index (κ1) is 15.3. The molecule has 0 rings (SSSR count). The Labute approximate surface area is 98.6 Å². The van der Waals surface area contributed by atoms with Crippen molar-refractivity contribution in [1.29, 1.82) is 0 Å². The SMILES string of the molecule is CCCCCCC(C)(OC)C(=O)CC(C)=O. The number of ether oxygens (including phenoxy) is 1. The van der Waals surface area contributed by atoms with Crippen LogP contribution in [0.3, 0.4) is 0 Å². The Kier molecular flexibility index (Phi) is 7.22. The van der Waals surface area contributed by atoms with Crippen molar-refractivity contribution in [1.82, 2.24) is 0 Å². The van der Waals surface area contributed by atoms with Gasteiger partial charge in [-0.15, -0.1) is 0 Å². The number of ketones is 2. The molecule has 0 fully saturated rings. The maximum absolute atomic E-state index is 11.8. The lowest BCUT2D eigenvalue weighted by molar-refractivity contribution is -0.142. The highest BCUT2D eigenvalue weighted by Gasteiger charge is 2.32. The second-order valence-electron chi connectivity index (χ2n) is 4.55. The molecular formula is C13H24O3. The minimum atomic E-state index is -0.778. The van der Waals surface area contributed by atoms with Crippen molar-refractivity contribution in [3.8, 4) is 0 Å². The highest BCUT2D eigenvalue weighted by Crippen LogP contribution is 2.21. The summed E-state index contributed by atoms with van der Waals surface area (Å²) >= 11 is 0. The quantitative estimate of drug-likeness (QED) is 0.450. The zero-order chi connectivity index (χ0) is 12.6. The maximum atomic E-state index is 11.8. The summed E-state index contributed by atoms with van der Waals surface area (Å²) in [5.74, 6) is -0.194. The summed E-state index contributed by atoms with van der Waals surface area (Å²) in [4.78, 5) is 22.7. The van der Waals surface area contributed by atoms with Gasteiger partial charge in [0.15, 0.2) is 5.78 Å². The van der Waals surface area contributed by atoms with Gasteiger partial charge < -0.3 is 4.74 Å². The van der Waals surface area contributed by atoms with E-state index in [0.29, 0.717) is 6.42 Å². The van der Waals surface area contributed by atoms with Crippen LogP contribution in [0.2, 0.25) is 0 Å². The third-order valence-electron chi connectivity index (χ3n) is 2.96. The highest BCUT2D eigenvalue weighted by atomic mass is 16.5. The molecule has 0 radical (unpaired) electrons. The summed E-state index contributed by atoms with van der Waals surface area (Å²) in [5, 5.41) is 0. The first-order valence-corrected chi connectivity index (χ1v) is 6.04. The zero-order valence-corrected chi connectivity index (χ0v) is 11.0. The van der Waals surface area contributed by atoms with E-state index in [9.17, 15) is 9.59 Å². The summed E-state index contributed by atoms with van der Waals surface area (Å²) in [5.41, 5.74) is -0.778. The molecule has 3 heteroatoms. The summed E-state index contributed by atoms with van der Waals surface area (Å²) in [6.45, 7) is 5.37. The summed E-state index contributed by atoms with van der Waals surface area (Å²) in [6, 6.07) is 0. The number of carbonyl (C=O) groups is 2.